The molecular formula is C6H7N3OS. The number of nitrogens with zero attached hydrogens (tertiary/aromatic N) is 3. The topological polar surface area (TPSA) is 37.2 Å². The van der Waals surface area contributed by atoms with Crippen molar-refractivity contribution in [3.05, 3.63) is 11.9 Å². The smallest absolute Gasteiger partial charge is 0.228 e. The summed E-state index contributed by atoms with van der Waals surface area (Å²) in [5, 5.41) is 0. The van der Waals surface area contributed by atoms with Gasteiger partial charge in [-0.1, -0.05) is 0 Å². The van der Waals surface area contributed by atoms with Crippen LogP contribution in [0.1, 0.15) is 0 Å². The van der Waals surface area contributed by atoms with Crippen LogP contribution in [0.25, 0.3) is 0 Å². The second-order valence-corrected chi connectivity index (χ2v) is 2.87. The van der Waals surface area contributed by atoms with Crippen molar-refractivity contribution in [1.82, 2.24) is 4.31 Å². The number of rotatable bonds is 1. The predicted octanol–water partition coefficient (Wildman–Crippen LogP) is 0.834. The summed E-state index contributed by atoms with van der Waals surface area (Å²) in [6, 6.07) is 0. The molecular weight excluding hydrogens is 162 g/mol. The maximum absolute atomic E-state index is 5.21. The standard InChI is InChI=1S/C6H7N3OS/c1-11-9-3-7-2-5-6(9)10-4-8-5/h2-4,6H,1H3. The van der Waals surface area contributed by atoms with Gasteiger partial charge in [-0.05, 0) is 11.9 Å². The lowest BCUT2D eigenvalue weighted by Crippen LogP contribution is -2.30. The summed E-state index contributed by atoms with van der Waals surface area (Å²) in [4.78, 5) is 8.00. The Morgan fingerprint density at radius 2 is 2.64 bits per heavy atom. The normalized spacial score (nSPS) is 26.5. The lowest BCUT2D eigenvalue weighted by molar-refractivity contribution is 0.185. The monoisotopic (exact) mass is 169 g/mol. The van der Waals surface area contributed by atoms with Crippen molar-refractivity contribution >= 4 is 24.7 Å². The minimum atomic E-state index is -0.0671. The molecule has 1 atom stereocenters. The highest BCUT2D eigenvalue weighted by Gasteiger charge is 2.26. The van der Waals surface area contributed by atoms with Gasteiger partial charge in [0.25, 0.3) is 0 Å². The van der Waals surface area contributed by atoms with Crippen LogP contribution >= 0.6 is 11.9 Å². The third-order valence-electron chi connectivity index (χ3n) is 1.47. The van der Waals surface area contributed by atoms with E-state index in [2.05, 4.69) is 9.98 Å². The van der Waals surface area contributed by atoms with Crippen LogP contribution in [0.4, 0.5) is 0 Å². The highest BCUT2D eigenvalue weighted by Crippen LogP contribution is 2.24. The lowest BCUT2D eigenvalue weighted by atomic mass is 10.4. The van der Waals surface area contributed by atoms with Crippen LogP contribution in [0, 0.1) is 0 Å². The van der Waals surface area contributed by atoms with E-state index in [-0.39, 0.29) is 6.23 Å². The SMILES string of the molecule is CSN1C=NC=C2N=COC21. The van der Waals surface area contributed by atoms with Crippen molar-refractivity contribution in [2.24, 2.45) is 9.98 Å². The molecule has 0 fully saturated rings. The van der Waals surface area contributed by atoms with E-state index in [9.17, 15) is 0 Å². The van der Waals surface area contributed by atoms with Crippen LogP contribution in [0.3, 0.4) is 0 Å². The first kappa shape index (κ1) is 6.72. The van der Waals surface area contributed by atoms with Crippen molar-refractivity contribution in [3.8, 4) is 0 Å². The average Bonchev–Trinajstić information content (AvgIpc) is 2.50. The van der Waals surface area contributed by atoms with E-state index in [1.807, 2.05) is 10.6 Å². The Balaban J connectivity index is 2.23. The maximum Gasteiger partial charge on any atom is 0.228 e. The van der Waals surface area contributed by atoms with Crippen LogP contribution in [0.2, 0.25) is 0 Å². The third kappa shape index (κ3) is 1.01. The molecule has 0 amide bonds. The molecule has 0 aromatic rings. The summed E-state index contributed by atoms with van der Waals surface area (Å²) in [5.74, 6) is 0. The van der Waals surface area contributed by atoms with E-state index < -0.39 is 0 Å². The van der Waals surface area contributed by atoms with E-state index >= 15 is 0 Å². The van der Waals surface area contributed by atoms with Gasteiger partial charge in [0.2, 0.25) is 6.23 Å². The number of fused-ring (bicyclic) bond motifs is 1. The first-order chi connectivity index (χ1) is 5.42. The molecule has 0 aliphatic carbocycles. The molecule has 0 bridgehead atoms. The zero-order chi connectivity index (χ0) is 7.68. The van der Waals surface area contributed by atoms with Crippen LogP contribution in [0.5, 0.6) is 0 Å². The van der Waals surface area contributed by atoms with Gasteiger partial charge in [0.15, 0.2) is 6.40 Å². The van der Waals surface area contributed by atoms with Crippen molar-refractivity contribution in [2.45, 2.75) is 6.23 Å². The van der Waals surface area contributed by atoms with Crippen LogP contribution in [-0.4, -0.2) is 29.5 Å². The van der Waals surface area contributed by atoms with Gasteiger partial charge in [-0.2, -0.15) is 0 Å². The highest BCUT2D eigenvalue weighted by atomic mass is 32.2. The molecule has 0 N–H and O–H groups in total. The number of ether oxygens (including phenoxy) is 1. The first-order valence-corrected chi connectivity index (χ1v) is 4.34. The molecule has 2 rings (SSSR count). The molecule has 0 saturated heterocycles. The zero-order valence-corrected chi connectivity index (χ0v) is 6.78. The average molecular weight is 169 g/mol. The molecule has 5 heteroatoms. The Labute approximate surface area is 68.8 Å². The van der Waals surface area contributed by atoms with Crippen molar-refractivity contribution < 1.29 is 4.74 Å². The molecule has 1 unspecified atom stereocenters. The van der Waals surface area contributed by atoms with Crippen LogP contribution < -0.4 is 0 Å². The Morgan fingerprint density at radius 1 is 1.73 bits per heavy atom. The van der Waals surface area contributed by atoms with Crippen LogP contribution in [0.15, 0.2) is 21.9 Å². The fraction of sp³-hybridized carbons (Fsp3) is 0.333. The quantitative estimate of drug-likeness (QED) is 0.546. The third-order valence-corrected chi connectivity index (χ3v) is 2.18. The highest BCUT2D eigenvalue weighted by molar-refractivity contribution is 7.96. The fourth-order valence-electron chi connectivity index (χ4n) is 0.949. The van der Waals surface area contributed by atoms with E-state index in [1.165, 1.54) is 6.40 Å². The second kappa shape index (κ2) is 2.58. The van der Waals surface area contributed by atoms with Crippen molar-refractivity contribution in [2.75, 3.05) is 6.26 Å². The Hall–Kier alpha value is -0.970. The number of hydrogen-bond donors (Lipinski definition) is 0. The lowest BCUT2D eigenvalue weighted by Gasteiger charge is -2.24. The Bertz CT molecular complexity index is 248. The van der Waals surface area contributed by atoms with Crippen molar-refractivity contribution in [1.29, 1.82) is 0 Å². The first-order valence-electron chi connectivity index (χ1n) is 3.15. The molecule has 2 heterocycles. The summed E-state index contributed by atoms with van der Waals surface area (Å²) < 4.78 is 7.12. The summed E-state index contributed by atoms with van der Waals surface area (Å²) in [6.45, 7) is 0. The molecule has 0 aromatic carbocycles. The summed E-state index contributed by atoms with van der Waals surface area (Å²) in [6.07, 6.45) is 6.79. The molecule has 58 valence electrons. The minimum absolute atomic E-state index is 0.0671. The van der Waals surface area contributed by atoms with E-state index in [0.29, 0.717) is 0 Å². The van der Waals surface area contributed by atoms with Gasteiger partial charge in [-0.15, -0.1) is 0 Å². The molecule has 2 aliphatic heterocycles. The van der Waals surface area contributed by atoms with Gasteiger partial charge in [-0.25, -0.2) is 9.98 Å². The van der Waals surface area contributed by atoms with Gasteiger partial charge >= 0.3 is 0 Å². The Morgan fingerprint density at radius 3 is 3.45 bits per heavy atom. The Kier molecular flexibility index (Phi) is 1.58. The van der Waals surface area contributed by atoms with E-state index in [1.54, 1.807) is 24.5 Å². The van der Waals surface area contributed by atoms with Gasteiger partial charge in [0.1, 0.15) is 12.0 Å². The summed E-state index contributed by atoms with van der Waals surface area (Å²) >= 11 is 1.56. The number of hydrogen-bond acceptors (Lipinski definition) is 5. The molecule has 4 nitrogen and oxygen atoms in total. The fourth-order valence-corrected chi connectivity index (χ4v) is 1.45. The second-order valence-electron chi connectivity index (χ2n) is 2.08. The molecule has 0 spiro atoms. The zero-order valence-electron chi connectivity index (χ0n) is 5.97. The molecule has 0 aromatic heterocycles. The predicted molar refractivity (Wildman–Crippen MR) is 45.3 cm³/mol. The molecule has 0 radical (unpaired) electrons. The largest absolute Gasteiger partial charge is 0.453 e. The molecule has 0 saturated carbocycles. The van der Waals surface area contributed by atoms with Gasteiger partial charge in [0, 0.05) is 6.26 Å². The summed E-state index contributed by atoms with van der Waals surface area (Å²) in [7, 11) is 0. The van der Waals surface area contributed by atoms with E-state index in [0.717, 1.165) is 5.70 Å². The number of aliphatic imine (C=N–C) groups is 2. The van der Waals surface area contributed by atoms with Gasteiger partial charge < -0.3 is 4.74 Å². The van der Waals surface area contributed by atoms with Crippen LogP contribution in [-0.2, 0) is 4.74 Å². The molecule has 11 heavy (non-hydrogen) atoms. The van der Waals surface area contributed by atoms with Gasteiger partial charge in [-0.3, -0.25) is 4.31 Å². The minimum Gasteiger partial charge on any atom is -0.453 e. The van der Waals surface area contributed by atoms with E-state index in [4.69, 9.17) is 4.74 Å². The molecule has 2 aliphatic rings. The summed E-state index contributed by atoms with van der Waals surface area (Å²) in [5.41, 5.74) is 0.863. The van der Waals surface area contributed by atoms with Crippen molar-refractivity contribution in [3.63, 3.8) is 0 Å². The van der Waals surface area contributed by atoms with Gasteiger partial charge in [0.05, 0.1) is 6.20 Å². The maximum atomic E-state index is 5.21.